The van der Waals surface area contributed by atoms with Gasteiger partial charge in [-0.25, -0.2) is 9.97 Å². The van der Waals surface area contributed by atoms with Crippen molar-refractivity contribution in [2.75, 3.05) is 50.1 Å². The van der Waals surface area contributed by atoms with Crippen molar-refractivity contribution in [2.45, 2.75) is 49.1 Å². The van der Waals surface area contributed by atoms with Crippen LogP contribution in [0.2, 0.25) is 0 Å². The molecule has 9 nitrogen and oxygen atoms in total. The Morgan fingerprint density at radius 2 is 1.87 bits per heavy atom. The van der Waals surface area contributed by atoms with E-state index in [4.69, 9.17) is 14.7 Å². The van der Waals surface area contributed by atoms with Crippen molar-refractivity contribution in [3.63, 3.8) is 0 Å². The summed E-state index contributed by atoms with van der Waals surface area (Å²) >= 11 is 1.51. The highest BCUT2D eigenvalue weighted by atomic mass is 32.2. The van der Waals surface area contributed by atoms with Crippen molar-refractivity contribution in [1.82, 2.24) is 25.1 Å². The molecule has 2 aliphatic carbocycles. The summed E-state index contributed by atoms with van der Waals surface area (Å²) in [6, 6.07) is 10.1. The number of ether oxygens (including phenoxy) is 1. The molecule has 10 heteroatoms. The number of nitrogens with one attached hydrogen (secondary N) is 2. The van der Waals surface area contributed by atoms with Gasteiger partial charge in [-0.3, -0.25) is 14.8 Å². The zero-order valence-electron chi connectivity index (χ0n) is 22.1. The van der Waals surface area contributed by atoms with Gasteiger partial charge in [-0.05, 0) is 68.0 Å². The minimum atomic E-state index is 0.287. The lowest BCUT2D eigenvalue weighted by molar-refractivity contribution is -0.119. The van der Waals surface area contributed by atoms with Crippen LogP contribution in [0.5, 0.6) is 5.75 Å². The van der Waals surface area contributed by atoms with Crippen molar-refractivity contribution in [2.24, 2.45) is 11.8 Å². The number of rotatable bonds is 11. The molecule has 0 amide bonds. The Bertz CT molecular complexity index is 1280. The van der Waals surface area contributed by atoms with Crippen LogP contribution in [0.15, 0.2) is 40.4 Å². The molecule has 0 atom stereocenters. The lowest BCUT2D eigenvalue weighted by atomic mass is 10.1. The van der Waals surface area contributed by atoms with Gasteiger partial charge >= 0.3 is 0 Å². The third-order valence-electron chi connectivity index (χ3n) is 7.41. The molecule has 1 aromatic carbocycles. The van der Waals surface area contributed by atoms with Crippen LogP contribution in [-0.4, -0.2) is 70.7 Å². The molecule has 1 aliphatic heterocycles. The largest absolute Gasteiger partial charge is 0.490 e. The summed E-state index contributed by atoms with van der Waals surface area (Å²) in [5, 5.41) is 11.3. The van der Waals surface area contributed by atoms with Crippen molar-refractivity contribution < 1.29 is 9.53 Å². The Kier molecular flexibility index (Phi) is 7.25. The highest BCUT2D eigenvalue weighted by Crippen LogP contribution is 2.39. The number of carbonyl (C=O) groups excluding carboxylic acids is 1. The molecule has 3 fully saturated rings. The molecule has 6 rings (SSSR count). The SMILES string of the molecule is COc1c(Nc2cc(C)[nH]n2)nc(Sc2ccc(CC(=O)C3CC3)cc2)nc1N1CCN(CC2CC2)CC1. The summed E-state index contributed by atoms with van der Waals surface area (Å²) in [5.74, 6) is 4.24. The van der Waals surface area contributed by atoms with E-state index in [1.54, 1.807) is 7.11 Å². The van der Waals surface area contributed by atoms with E-state index in [2.05, 4.69) is 25.3 Å². The number of Topliss-reactive ketones (excluding diaryl/α,β-unsaturated/α-hetero) is 1. The molecule has 3 heterocycles. The fraction of sp³-hybridized carbons (Fsp3) is 0.500. The van der Waals surface area contributed by atoms with Gasteiger partial charge in [0.05, 0.1) is 7.11 Å². The molecule has 3 aliphatic rings. The lowest BCUT2D eigenvalue weighted by Crippen LogP contribution is -2.47. The Morgan fingerprint density at radius 3 is 2.50 bits per heavy atom. The van der Waals surface area contributed by atoms with E-state index in [-0.39, 0.29) is 5.92 Å². The molecule has 2 N–H and O–H groups in total. The summed E-state index contributed by atoms with van der Waals surface area (Å²) < 4.78 is 5.87. The first-order valence-corrected chi connectivity index (χ1v) is 14.4. The zero-order valence-corrected chi connectivity index (χ0v) is 22.9. The maximum absolute atomic E-state index is 12.2. The minimum Gasteiger partial charge on any atom is -0.490 e. The quantitative estimate of drug-likeness (QED) is 0.346. The molecular weight excluding hydrogens is 498 g/mol. The number of piperazine rings is 1. The van der Waals surface area contributed by atoms with Gasteiger partial charge in [0.1, 0.15) is 5.78 Å². The number of hydrogen-bond acceptors (Lipinski definition) is 9. The third kappa shape index (κ3) is 6.13. The summed E-state index contributed by atoms with van der Waals surface area (Å²) in [6.07, 6.45) is 5.37. The molecule has 2 saturated carbocycles. The fourth-order valence-electron chi connectivity index (χ4n) is 4.89. The topological polar surface area (TPSA) is 99.3 Å². The van der Waals surface area contributed by atoms with Crippen molar-refractivity contribution in [3.05, 3.63) is 41.6 Å². The average Bonchev–Trinajstić information content (AvgIpc) is 3.85. The van der Waals surface area contributed by atoms with Crippen molar-refractivity contribution in [1.29, 1.82) is 0 Å². The van der Waals surface area contributed by atoms with Gasteiger partial charge in [0.25, 0.3) is 0 Å². The molecular formula is C28H35N7O2S. The lowest BCUT2D eigenvalue weighted by Gasteiger charge is -2.36. The highest BCUT2D eigenvalue weighted by molar-refractivity contribution is 7.99. The summed E-state index contributed by atoms with van der Waals surface area (Å²) in [6.45, 7) is 7.02. The Morgan fingerprint density at radius 1 is 1.11 bits per heavy atom. The highest BCUT2D eigenvalue weighted by Gasteiger charge is 2.30. The number of anilines is 3. The number of aromatic amines is 1. The molecule has 0 radical (unpaired) electrons. The number of carbonyl (C=O) groups is 1. The van der Waals surface area contributed by atoms with E-state index >= 15 is 0 Å². The van der Waals surface area contributed by atoms with Crippen LogP contribution in [0, 0.1) is 18.8 Å². The van der Waals surface area contributed by atoms with Crippen LogP contribution >= 0.6 is 11.8 Å². The second-order valence-corrected chi connectivity index (χ2v) is 11.7. The predicted octanol–water partition coefficient (Wildman–Crippen LogP) is 4.47. The molecule has 0 unspecified atom stereocenters. The maximum atomic E-state index is 12.2. The monoisotopic (exact) mass is 533 g/mol. The van der Waals surface area contributed by atoms with Crippen molar-refractivity contribution >= 4 is 35.0 Å². The average molecular weight is 534 g/mol. The smallest absolute Gasteiger partial charge is 0.204 e. The fourth-order valence-corrected chi connectivity index (χ4v) is 5.65. The summed E-state index contributed by atoms with van der Waals surface area (Å²) in [4.78, 5) is 27.9. The van der Waals surface area contributed by atoms with Crippen LogP contribution in [0.4, 0.5) is 17.5 Å². The van der Waals surface area contributed by atoms with Gasteiger partial charge in [-0.15, -0.1) is 0 Å². The van der Waals surface area contributed by atoms with E-state index in [1.807, 2.05) is 37.3 Å². The van der Waals surface area contributed by atoms with Crippen LogP contribution < -0.4 is 15.0 Å². The number of benzene rings is 1. The second-order valence-electron chi connectivity index (χ2n) is 10.7. The molecule has 2 aromatic heterocycles. The first-order valence-electron chi connectivity index (χ1n) is 13.6. The van der Waals surface area contributed by atoms with Gasteiger partial charge in [-0.1, -0.05) is 12.1 Å². The van der Waals surface area contributed by atoms with E-state index in [0.717, 1.165) is 66.9 Å². The number of aromatic nitrogens is 4. The van der Waals surface area contributed by atoms with E-state index in [1.165, 1.54) is 31.1 Å². The number of nitrogens with zero attached hydrogens (tertiary/aromatic N) is 5. The van der Waals surface area contributed by atoms with E-state index in [9.17, 15) is 4.79 Å². The summed E-state index contributed by atoms with van der Waals surface area (Å²) in [7, 11) is 1.67. The predicted molar refractivity (Wildman–Crippen MR) is 149 cm³/mol. The van der Waals surface area contributed by atoms with Crippen molar-refractivity contribution in [3.8, 4) is 5.75 Å². The third-order valence-corrected chi connectivity index (χ3v) is 8.29. The first-order chi connectivity index (χ1) is 18.5. The Balaban J connectivity index is 1.24. The molecule has 200 valence electrons. The number of ketones is 1. The minimum absolute atomic E-state index is 0.287. The maximum Gasteiger partial charge on any atom is 0.204 e. The molecule has 0 spiro atoms. The Labute approximate surface area is 227 Å². The first kappa shape index (κ1) is 25.2. The molecule has 0 bridgehead atoms. The molecule has 3 aromatic rings. The van der Waals surface area contributed by atoms with Gasteiger partial charge in [0.15, 0.2) is 22.6 Å². The van der Waals surface area contributed by atoms with Gasteiger partial charge in [0, 0.05) is 61.7 Å². The molecule has 38 heavy (non-hydrogen) atoms. The second kappa shape index (κ2) is 10.9. The molecule has 1 saturated heterocycles. The zero-order chi connectivity index (χ0) is 26.1. The Hall–Kier alpha value is -3.11. The van der Waals surface area contributed by atoms with Gasteiger partial charge < -0.3 is 15.0 Å². The standard InChI is InChI=1S/C28H35N7O2S/c1-18-15-24(33-32-18)29-26-25(37-2)27(35-13-11-34(12-14-35)17-20-3-4-20)31-28(30-26)38-22-9-5-19(6-10-22)16-23(36)21-7-8-21/h5-6,9-10,15,20-21H,3-4,7-8,11-14,16-17H2,1-2H3,(H2,29,30,31,32,33). The summed E-state index contributed by atoms with van der Waals surface area (Å²) in [5.41, 5.74) is 2.02. The van der Waals surface area contributed by atoms with Crippen LogP contribution in [0.1, 0.15) is 36.9 Å². The van der Waals surface area contributed by atoms with Crippen LogP contribution in [0.3, 0.4) is 0 Å². The van der Waals surface area contributed by atoms with Crippen LogP contribution in [-0.2, 0) is 11.2 Å². The number of aryl methyl sites for hydroxylation is 1. The van der Waals surface area contributed by atoms with E-state index in [0.29, 0.717) is 34.7 Å². The van der Waals surface area contributed by atoms with E-state index < -0.39 is 0 Å². The number of methoxy groups -OCH3 is 1. The number of hydrogen-bond donors (Lipinski definition) is 2. The van der Waals surface area contributed by atoms with Gasteiger partial charge in [-0.2, -0.15) is 5.10 Å². The number of H-pyrrole nitrogens is 1. The normalized spacial score (nSPS) is 18.0. The van der Waals surface area contributed by atoms with Crippen LogP contribution in [0.25, 0.3) is 0 Å². The van der Waals surface area contributed by atoms with Gasteiger partial charge in [0.2, 0.25) is 5.75 Å².